The summed E-state index contributed by atoms with van der Waals surface area (Å²) in [5, 5.41) is 3.21. The van der Waals surface area contributed by atoms with E-state index in [1.54, 1.807) is 4.90 Å². The van der Waals surface area contributed by atoms with Crippen LogP contribution in [-0.2, 0) is 14.6 Å². The van der Waals surface area contributed by atoms with E-state index in [0.29, 0.717) is 6.42 Å². The summed E-state index contributed by atoms with van der Waals surface area (Å²) in [6.07, 6.45) is 1.18. The fraction of sp³-hybridized carbons (Fsp3) is 0.533. The number of hydrogen-bond acceptors (Lipinski definition) is 4. The molecule has 2 unspecified atom stereocenters. The molecule has 2 saturated heterocycles. The Hall–Kier alpha value is -1.40. The molecule has 3 rings (SSSR count). The fourth-order valence-corrected chi connectivity index (χ4v) is 4.96. The summed E-state index contributed by atoms with van der Waals surface area (Å²) in [4.78, 5) is 14.0. The monoisotopic (exact) mass is 308 g/mol. The van der Waals surface area contributed by atoms with Gasteiger partial charge in [0.05, 0.1) is 18.1 Å². The Morgan fingerprint density at radius 1 is 1.33 bits per heavy atom. The number of nitrogens with zero attached hydrogens (tertiary/aromatic N) is 1. The van der Waals surface area contributed by atoms with Gasteiger partial charge >= 0.3 is 0 Å². The van der Waals surface area contributed by atoms with Crippen LogP contribution in [0.25, 0.3) is 0 Å². The van der Waals surface area contributed by atoms with E-state index in [0.717, 1.165) is 17.5 Å². The molecule has 2 aliphatic rings. The molecule has 2 aliphatic heterocycles. The normalized spacial score (nSPS) is 28.8. The number of benzene rings is 1. The lowest BCUT2D eigenvalue weighted by Gasteiger charge is -2.35. The lowest BCUT2D eigenvalue weighted by atomic mass is 10.1. The smallest absolute Gasteiger partial charge is 0.238 e. The molecule has 0 saturated carbocycles. The lowest BCUT2D eigenvalue weighted by molar-refractivity contribution is -0.130. The standard InChI is InChI=1S/C15H20N2O3S/c1-11-4-2-5-12(8-11)15-16-9-14(18)17(15)13-6-3-7-21(19,20)10-13/h2,4-5,8,13,15-16H,3,6-7,9-10H2,1H3. The molecular weight excluding hydrogens is 288 g/mol. The Morgan fingerprint density at radius 2 is 2.14 bits per heavy atom. The molecule has 0 radical (unpaired) electrons. The highest BCUT2D eigenvalue weighted by Gasteiger charge is 2.40. The van der Waals surface area contributed by atoms with Crippen molar-refractivity contribution in [1.29, 1.82) is 0 Å². The molecule has 1 aromatic rings. The van der Waals surface area contributed by atoms with Crippen LogP contribution >= 0.6 is 0 Å². The van der Waals surface area contributed by atoms with Crippen LogP contribution in [0.5, 0.6) is 0 Å². The van der Waals surface area contributed by atoms with Gasteiger partial charge in [-0.2, -0.15) is 0 Å². The molecule has 0 aromatic heterocycles. The average Bonchev–Trinajstić information content (AvgIpc) is 2.79. The van der Waals surface area contributed by atoms with E-state index < -0.39 is 9.84 Å². The van der Waals surface area contributed by atoms with E-state index in [1.165, 1.54) is 0 Å². The van der Waals surface area contributed by atoms with Crippen LogP contribution in [0.4, 0.5) is 0 Å². The Bertz CT molecular complexity index is 657. The summed E-state index contributed by atoms with van der Waals surface area (Å²) in [7, 11) is -3.03. The SMILES string of the molecule is Cc1cccc(C2NCC(=O)N2C2CCCS(=O)(=O)C2)c1. The van der Waals surface area contributed by atoms with Crippen LogP contribution in [0.15, 0.2) is 24.3 Å². The highest BCUT2D eigenvalue weighted by Crippen LogP contribution is 2.29. The first-order chi connectivity index (χ1) is 9.96. The van der Waals surface area contributed by atoms with Crippen LogP contribution in [-0.4, -0.2) is 43.3 Å². The van der Waals surface area contributed by atoms with Gasteiger partial charge in [0.1, 0.15) is 6.17 Å². The van der Waals surface area contributed by atoms with Crippen LogP contribution in [0.1, 0.15) is 30.1 Å². The van der Waals surface area contributed by atoms with E-state index in [1.807, 2.05) is 31.2 Å². The average molecular weight is 308 g/mol. The lowest BCUT2D eigenvalue weighted by Crippen LogP contribution is -2.46. The van der Waals surface area contributed by atoms with Crippen molar-refractivity contribution in [3.05, 3.63) is 35.4 Å². The van der Waals surface area contributed by atoms with Crippen molar-refractivity contribution < 1.29 is 13.2 Å². The molecule has 6 heteroatoms. The van der Waals surface area contributed by atoms with Crippen molar-refractivity contribution in [1.82, 2.24) is 10.2 Å². The molecule has 0 aliphatic carbocycles. The van der Waals surface area contributed by atoms with Crippen LogP contribution < -0.4 is 5.32 Å². The number of hydrogen-bond donors (Lipinski definition) is 1. The first-order valence-corrected chi connectivity index (χ1v) is 9.10. The second-order valence-electron chi connectivity index (χ2n) is 5.91. The van der Waals surface area contributed by atoms with E-state index in [4.69, 9.17) is 0 Å². The Morgan fingerprint density at radius 3 is 2.86 bits per heavy atom. The van der Waals surface area contributed by atoms with Gasteiger partial charge in [0.2, 0.25) is 5.91 Å². The van der Waals surface area contributed by atoms with E-state index >= 15 is 0 Å². The zero-order chi connectivity index (χ0) is 15.0. The number of amides is 1. The van der Waals surface area contributed by atoms with Gasteiger partial charge in [0.15, 0.2) is 9.84 Å². The molecule has 1 amide bonds. The molecule has 2 fully saturated rings. The van der Waals surface area contributed by atoms with Crippen LogP contribution in [0, 0.1) is 6.92 Å². The van der Waals surface area contributed by atoms with Crippen LogP contribution in [0.2, 0.25) is 0 Å². The quantitative estimate of drug-likeness (QED) is 0.885. The molecule has 114 valence electrons. The second kappa shape index (κ2) is 5.42. The number of carbonyl (C=O) groups excluding carboxylic acids is 1. The molecule has 0 spiro atoms. The third-order valence-corrected chi connectivity index (χ3v) is 6.01. The number of rotatable bonds is 2. The maximum Gasteiger partial charge on any atom is 0.238 e. The molecule has 5 nitrogen and oxygen atoms in total. The summed E-state index contributed by atoms with van der Waals surface area (Å²) < 4.78 is 23.7. The largest absolute Gasteiger partial charge is 0.318 e. The Kier molecular flexibility index (Phi) is 3.75. The molecule has 2 atom stereocenters. The van der Waals surface area contributed by atoms with Gasteiger partial charge in [0, 0.05) is 6.04 Å². The first-order valence-electron chi connectivity index (χ1n) is 7.28. The maximum absolute atomic E-state index is 12.2. The number of carbonyl (C=O) groups is 1. The number of aryl methyl sites for hydroxylation is 1. The van der Waals surface area contributed by atoms with Crippen molar-refractivity contribution in [2.75, 3.05) is 18.1 Å². The minimum absolute atomic E-state index is 0.0105. The van der Waals surface area contributed by atoms with Crippen LogP contribution in [0.3, 0.4) is 0 Å². The Balaban J connectivity index is 1.89. The molecule has 1 N–H and O–H groups in total. The van der Waals surface area contributed by atoms with Gasteiger partial charge in [0.25, 0.3) is 0 Å². The third-order valence-electron chi connectivity index (χ3n) is 4.20. The molecule has 1 aromatic carbocycles. The predicted octanol–water partition coefficient (Wildman–Crippen LogP) is 1.00. The minimum atomic E-state index is -3.03. The van der Waals surface area contributed by atoms with Crippen molar-refractivity contribution in [2.45, 2.75) is 32.0 Å². The summed E-state index contributed by atoms with van der Waals surface area (Å²) in [5.41, 5.74) is 2.15. The first kappa shape index (κ1) is 14.5. The van der Waals surface area contributed by atoms with Gasteiger partial charge in [-0.25, -0.2) is 8.42 Å². The molecular formula is C15H20N2O3S. The fourth-order valence-electron chi connectivity index (χ4n) is 3.27. The minimum Gasteiger partial charge on any atom is -0.318 e. The third kappa shape index (κ3) is 2.96. The Labute approximate surface area is 125 Å². The van der Waals surface area contributed by atoms with E-state index in [9.17, 15) is 13.2 Å². The van der Waals surface area contributed by atoms with Gasteiger partial charge < -0.3 is 4.90 Å². The van der Waals surface area contributed by atoms with Gasteiger partial charge in [-0.3, -0.25) is 10.1 Å². The molecule has 21 heavy (non-hydrogen) atoms. The van der Waals surface area contributed by atoms with Crippen molar-refractivity contribution in [2.24, 2.45) is 0 Å². The van der Waals surface area contributed by atoms with E-state index in [2.05, 4.69) is 5.32 Å². The van der Waals surface area contributed by atoms with Crippen molar-refractivity contribution >= 4 is 15.7 Å². The number of sulfone groups is 1. The van der Waals surface area contributed by atoms with Crippen molar-refractivity contribution in [3.8, 4) is 0 Å². The maximum atomic E-state index is 12.2. The predicted molar refractivity (Wildman–Crippen MR) is 80.4 cm³/mol. The highest BCUT2D eigenvalue weighted by atomic mass is 32.2. The van der Waals surface area contributed by atoms with Crippen molar-refractivity contribution in [3.63, 3.8) is 0 Å². The summed E-state index contributed by atoms with van der Waals surface area (Å²) in [6, 6.07) is 7.78. The molecule has 0 bridgehead atoms. The summed E-state index contributed by atoms with van der Waals surface area (Å²) >= 11 is 0. The summed E-state index contributed by atoms with van der Waals surface area (Å²) in [5.74, 6) is 0.320. The number of nitrogens with one attached hydrogen (secondary N) is 1. The summed E-state index contributed by atoms with van der Waals surface area (Å²) in [6.45, 7) is 2.28. The topological polar surface area (TPSA) is 66.5 Å². The van der Waals surface area contributed by atoms with Gasteiger partial charge in [-0.05, 0) is 25.3 Å². The van der Waals surface area contributed by atoms with E-state index in [-0.39, 0.29) is 36.2 Å². The molecule has 2 heterocycles. The van der Waals surface area contributed by atoms with Gasteiger partial charge in [-0.1, -0.05) is 29.8 Å². The highest BCUT2D eigenvalue weighted by molar-refractivity contribution is 7.91. The van der Waals surface area contributed by atoms with Gasteiger partial charge in [-0.15, -0.1) is 0 Å². The zero-order valence-corrected chi connectivity index (χ0v) is 12.9. The second-order valence-corrected chi connectivity index (χ2v) is 8.14. The zero-order valence-electron chi connectivity index (χ0n) is 12.1.